The van der Waals surface area contributed by atoms with Crippen LogP contribution in [-0.2, 0) is 6.42 Å². The predicted molar refractivity (Wildman–Crippen MR) is 73.5 cm³/mol. The third kappa shape index (κ3) is 3.61. The molecule has 0 aromatic heterocycles. The molecule has 0 heterocycles. The lowest BCUT2D eigenvalue weighted by Gasteiger charge is -2.07. The van der Waals surface area contributed by atoms with Gasteiger partial charge in [0.05, 0.1) is 0 Å². The molecule has 0 radical (unpaired) electrons. The van der Waals surface area contributed by atoms with Gasteiger partial charge in [0.25, 0.3) is 5.91 Å². The monoisotopic (exact) mass is 294 g/mol. The second-order valence-corrected chi connectivity index (χ2v) is 4.45. The number of amides is 1. The number of nitrogens with one attached hydrogen (secondary N) is 1. The van der Waals surface area contributed by atoms with Crippen LogP contribution in [0.4, 0.5) is 18.9 Å². The molecule has 0 unspecified atom stereocenters. The molecule has 0 saturated carbocycles. The first-order valence-electron chi connectivity index (χ1n) is 6.26. The molecule has 0 aliphatic heterocycles. The highest BCUT2D eigenvalue weighted by Gasteiger charge is 2.13. The smallest absolute Gasteiger partial charge is 0.255 e. The Morgan fingerprint density at radius 2 is 1.76 bits per heavy atom. The number of hydrogen-bond acceptors (Lipinski definition) is 2. The number of anilines is 1. The summed E-state index contributed by atoms with van der Waals surface area (Å²) >= 11 is 0. The number of hydrogen-bond donors (Lipinski definition) is 2. The third-order valence-electron chi connectivity index (χ3n) is 2.86. The fraction of sp³-hybridized carbons (Fsp3) is 0.133. The van der Waals surface area contributed by atoms with Crippen LogP contribution >= 0.6 is 0 Å². The average molecular weight is 294 g/mol. The summed E-state index contributed by atoms with van der Waals surface area (Å²) in [6.45, 7) is 0.444. The van der Waals surface area contributed by atoms with Crippen LogP contribution in [0.3, 0.4) is 0 Å². The van der Waals surface area contributed by atoms with Gasteiger partial charge in [-0.1, -0.05) is 12.1 Å². The fourth-order valence-electron chi connectivity index (χ4n) is 1.87. The van der Waals surface area contributed by atoms with E-state index in [1.54, 1.807) is 18.2 Å². The van der Waals surface area contributed by atoms with Crippen molar-refractivity contribution >= 4 is 11.6 Å². The Morgan fingerprint density at radius 1 is 1.10 bits per heavy atom. The van der Waals surface area contributed by atoms with E-state index in [4.69, 9.17) is 5.73 Å². The van der Waals surface area contributed by atoms with E-state index in [2.05, 4.69) is 5.32 Å². The van der Waals surface area contributed by atoms with Crippen molar-refractivity contribution in [1.29, 1.82) is 0 Å². The molecule has 1 amide bonds. The van der Waals surface area contributed by atoms with Crippen LogP contribution in [0.2, 0.25) is 0 Å². The average Bonchev–Trinajstić information content (AvgIpc) is 2.45. The maximum atomic E-state index is 13.1. The van der Waals surface area contributed by atoms with E-state index in [9.17, 15) is 18.0 Å². The third-order valence-corrected chi connectivity index (χ3v) is 2.86. The van der Waals surface area contributed by atoms with Crippen molar-refractivity contribution in [2.24, 2.45) is 5.73 Å². The summed E-state index contributed by atoms with van der Waals surface area (Å²) in [5.41, 5.74) is 6.49. The Balaban J connectivity index is 2.20. The van der Waals surface area contributed by atoms with Crippen molar-refractivity contribution in [3.8, 4) is 0 Å². The second-order valence-electron chi connectivity index (χ2n) is 4.45. The molecule has 2 aromatic rings. The van der Waals surface area contributed by atoms with Gasteiger partial charge in [-0.2, -0.15) is 0 Å². The van der Waals surface area contributed by atoms with Gasteiger partial charge in [0, 0.05) is 23.4 Å². The van der Waals surface area contributed by atoms with Crippen LogP contribution in [0.15, 0.2) is 36.4 Å². The Hall–Kier alpha value is -2.34. The van der Waals surface area contributed by atoms with Crippen LogP contribution in [0.5, 0.6) is 0 Å². The standard InChI is InChI=1S/C15H13F3N2O/c16-12-7-11(8-13(17)14(12)18)20-15(21)10-3-1-2-9(6-10)4-5-19/h1-3,6-8H,4-5,19H2,(H,20,21). The van der Waals surface area contributed by atoms with E-state index in [0.717, 1.165) is 17.7 Å². The number of nitrogens with two attached hydrogens (primary N) is 1. The number of carbonyl (C=O) groups is 1. The van der Waals surface area contributed by atoms with Crippen LogP contribution in [0.25, 0.3) is 0 Å². The van der Waals surface area contributed by atoms with Crippen molar-refractivity contribution in [2.75, 3.05) is 11.9 Å². The molecule has 0 saturated heterocycles. The fourth-order valence-corrected chi connectivity index (χ4v) is 1.87. The zero-order valence-corrected chi connectivity index (χ0v) is 11.0. The highest BCUT2D eigenvalue weighted by molar-refractivity contribution is 6.04. The largest absolute Gasteiger partial charge is 0.330 e. The molecule has 3 N–H and O–H groups in total. The van der Waals surface area contributed by atoms with Gasteiger partial charge in [-0.15, -0.1) is 0 Å². The summed E-state index contributed by atoms with van der Waals surface area (Å²) in [7, 11) is 0. The lowest BCUT2D eigenvalue weighted by Crippen LogP contribution is -2.13. The lowest BCUT2D eigenvalue weighted by atomic mass is 10.1. The molecule has 3 nitrogen and oxygen atoms in total. The van der Waals surface area contributed by atoms with Crippen molar-refractivity contribution in [2.45, 2.75) is 6.42 Å². The van der Waals surface area contributed by atoms with Gasteiger partial charge in [-0.3, -0.25) is 4.79 Å². The maximum absolute atomic E-state index is 13.1. The zero-order valence-electron chi connectivity index (χ0n) is 11.0. The van der Waals surface area contributed by atoms with Gasteiger partial charge in [0.1, 0.15) is 0 Å². The molecule has 110 valence electrons. The van der Waals surface area contributed by atoms with Gasteiger partial charge in [-0.25, -0.2) is 13.2 Å². The topological polar surface area (TPSA) is 55.1 Å². The SMILES string of the molecule is NCCc1cccc(C(=O)Nc2cc(F)c(F)c(F)c2)c1. The molecule has 0 aliphatic rings. The normalized spacial score (nSPS) is 10.5. The minimum atomic E-state index is -1.57. The van der Waals surface area contributed by atoms with E-state index in [1.165, 1.54) is 0 Å². The summed E-state index contributed by atoms with van der Waals surface area (Å²) in [5, 5.41) is 2.32. The Morgan fingerprint density at radius 3 is 2.38 bits per heavy atom. The first-order chi connectivity index (χ1) is 10.0. The molecular weight excluding hydrogens is 281 g/mol. The van der Waals surface area contributed by atoms with Crippen LogP contribution in [-0.4, -0.2) is 12.5 Å². The van der Waals surface area contributed by atoms with Gasteiger partial charge in [0.2, 0.25) is 0 Å². The molecule has 0 spiro atoms. The number of benzene rings is 2. The molecule has 0 atom stereocenters. The van der Waals surface area contributed by atoms with E-state index >= 15 is 0 Å². The number of carbonyl (C=O) groups excluding carboxylic acids is 1. The molecule has 2 rings (SSSR count). The van der Waals surface area contributed by atoms with E-state index in [-0.39, 0.29) is 5.69 Å². The summed E-state index contributed by atoms with van der Waals surface area (Å²) in [5.74, 6) is -4.83. The summed E-state index contributed by atoms with van der Waals surface area (Å²) in [6, 6.07) is 8.15. The molecule has 6 heteroatoms. The molecule has 0 fully saturated rings. The molecular formula is C15H13F3N2O. The Kier molecular flexibility index (Phi) is 4.59. The number of rotatable bonds is 4. The highest BCUT2D eigenvalue weighted by atomic mass is 19.2. The summed E-state index contributed by atoms with van der Waals surface area (Å²) in [4.78, 5) is 12.0. The van der Waals surface area contributed by atoms with Crippen molar-refractivity contribution < 1.29 is 18.0 Å². The van der Waals surface area contributed by atoms with E-state index in [1.807, 2.05) is 6.07 Å². The van der Waals surface area contributed by atoms with E-state index < -0.39 is 23.4 Å². The molecule has 0 bridgehead atoms. The molecule has 2 aromatic carbocycles. The molecule has 21 heavy (non-hydrogen) atoms. The Bertz CT molecular complexity index is 651. The van der Waals surface area contributed by atoms with Crippen LogP contribution in [0, 0.1) is 17.5 Å². The Labute approximate surface area is 119 Å². The van der Waals surface area contributed by atoms with Gasteiger partial charge in [-0.05, 0) is 30.7 Å². The van der Waals surface area contributed by atoms with Crippen LogP contribution < -0.4 is 11.1 Å². The quantitative estimate of drug-likeness (QED) is 0.852. The first-order valence-corrected chi connectivity index (χ1v) is 6.26. The second kappa shape index (κ2) is 6.41. The van der Waals surface area contributed by atoms with E-state index in [0.29, 0.717) is 18.5 Å². The summed E-state index contributed by atoms with van der Waals surface area (Å²) < 4.78 is 39.0. The maximum Gasteiger partial charge on any atom is 0.255 e. The first kappa shape index (κ1) is 15.1. The van der Waals surface area contributed by atoms with Crippen molar-refractivity contribution in [3.05, 3.63) is 65.0 Å². The van der Waals surface area contributed by atoms with Crippen molar-refractivity contribution in [3.63, 3.8) is 0 Å². The molecule has 0 aliphatic carbocycles. The van der Waals surface area contributed by atoms with Gasteiger partial charge >= 0.3 is 0 Å². The van der Waals surface area contributed by atoms with Crippen LogP contribution in [0.1, 0.15) is 15.9 Å². The van der Waals surface area contributed by atoms with Gasteiger partial charge < -0.3 is 11.1 Å². The number of halogens is 3. The highest BCUT2D eigenvalue weighted by Crippen LogP contribution is 2.18. The van der Waals surface area contributed by atoms with Crippen molar-refractivity contribution in [1.82, 2.24) is 0 Å². The minimum Gasteiger partial charge on any atom is -0.330 e. The zero-order chi connectivity index (χ0) is 15.4. The lowest BCUT2D eigenvalue weighted by molar-refractivity contribution is 0.102. The summed E-state index contributed by atoms with van der Waals surface area (Å²) in [6.07, 6.45) is 0.612. The minimum absolute atomic E-state index is 0.152. The van der Waals surface area contributed by atoms with Gasteiger partial charge in [0.15, 0.2) is 17.5 Å². The predicted octanol–water partition coefficient (Wildman–Crippen LogP) is 2.86.